The maximum atomic E-state index is 4.62. The van der Waals surface area contributed by atoms with E-state index in [1.165, 1.54) is 17.3 Å². The van der Waals surface area contributed by atoms with E-state index in [0.717, 1.165) is 22.0 Å². The van der Waals surface area contributed by atoms with Crippen molar-refractivity contribution in [2.24, 2.45) is 0 Å². The molecule has 0 aliphatic heterocycles. The van der Waals surface area contributed by atoms with Gasteiger partial charge in [-0.1, -0.05) is 48.2 Å². The lowest BCUT2D eigenvalue weighted by Crippen LogP contribution is -2.09. The number of benzene rings is 1. The SMILES string of the molecule is C=CCn1ncc2c(NC(C)c3ccccc3)nc(SC)nc21. The van der Waals surface area contributed by atoms with Crippen molar-refractivity contribution in [3.63, 3.8) is 0 Å². The largest absolute Gasteiger partial charge is 0.363 e. The van der Waals surface area contributed by atoms with Gasteiger partial charge in [-0.25, -0.2) is 14.6 Å². The number of nitrogens with zero attached hydrogens (tertiary/aromatic N) is 4. The zero-order valence-electron chi connectivity index (χ0n) is 13.2. The molecule has 0 aliphatic carbocycles. The van der Waals surface area contributed by atoms with Gasteiger partial charge in [-0.05, 0) is 18.7 Å². The number of hydrogen-bond donors (Lipinski definition) is 1. The van der Waals surface area contributed by atoms with E-state index in [0.29, 0.717) is 6.54 Å². The van der Waals surface area contributed by atoms with E-state index in [2.05, 4.69) is 46.0 Å². The fraction of sp³-hybridized carbons (Fsp3) is 0.235. The highest BCUT2D eigenvalue weighted by atomic mass is 32.2. The summed E-state index contributed by atoms with van der Waals surface area (Å²) < 4.78 is 1.84. The third kappa shape index (κ3) is 3.22. The predicted octanol–water partition coefficient (Wildman–Crippen LogP) is 3.91. The van der Waals surface area contributed by atoms with Crippen molar-refractivity contribution in [1.82, 2.24) is 19.7 Å². The predicted molar refractivity (Wildman–Crippen MR) is 95.8 cm³/mol. The van der Waals surface area contributed by atoms with Crippen LogP contribution in [0.25, 0.3) is 11.0 Å². The average molecular weight is 325 g/mol. The Kier molecular flexibility index (Phi) is 4.62. The Morgan fingerprint density at radius 3 is 2.78 bits per heavy atom. The molecule has 1 atom stereocenters. The summed E-state index contributed by atoms with van der Waals surface area (Å²) in [6.07, 6.45) is 5.59. The fourth-order valence-electron chi connectivity index (χ4n) is 2.42. The molecule has 0 amide bonds. The third-order valence-electron chi connectivity index (χ3n) is 3.61. The van der Waals surface area contributed by atoms with E-state index in [1.807, 2.05) is 41.4 Å². The van der Waals surface area contributed by atoms with Gasteiger partial charge in [0.1, 0.15) is 5.82 Å². The number of nitrogens with one attached hydrogen (secondary N) is 1. The maximum absolute atomic E-state index is 4.62. The van der Waals surface area contributed by atoms with Gasteiger partial charge in [-0.3, -0.25) is 0 Å². The molecule has 0 aliphatic rings. The van der Waals surface area contributed by atoms with E-state index in [4.69, 9.17) is 0 Å². The smallest absolute Gasteiger partial charge is 0.191 e. The molecule has 0 bridgehead atoms. The third-order valence-corrected chi connectivity index (χ3v) is 4.16. The van der Waals surface area contributed by atoms with Crippen LogP contribution < -0.4 is 5.32 Å². The lowest BCUT2D eigenvalue weighted by Gasteiger charge is -2.16. The number of thioether (sulfide) groups is 1. The Morgan fingerprint density at radius 2 is 2.09 bits per heavy atom. The van der Waals surface area contributed by atoms with E-state index in [1.54, 1.807) is 0 Å². The zero-order valence-corrected chi connectivity index (χ0v) is 14.0. The van der Waals surface area contributed by atoms with Gasteiger partial charge in [0.2, 0.25) is 0 Å². The number of hydrogen-bond acceptors (Lipinski definition) is 5. The second-order valence-electron chi connectivity index (χ2n) is 5.19. The van der Waals surface area contributed by atoms with Crippen LogP contribution >= 0.6 is 11.8 Å². The van der Waals surface area contributed by atoms with Gasteiger partial charge in [0.25, 0.3) is 0 Å². The summed E-state index contributed by atoms with van der Waals surface area (Å²) in [4.78, 5) is 9.20. The molecule has 6 heteroatoms. The van der Waals surface area contributed by atoms with E-state index in [-0.39, 0.29) is 6.04 Å². The quantitative estimate of drug-likeness (QED) is 0.423. The van der Waals surface area contributed by atoms with Gasteiger partial charge in [0.15, 0.2) is 10.8 Å². The molecule has 1 N–H and O–H groups in total. The first-order valence-corrected chi connectivity index (χ1v) is 8.65. The van der Waals surface area contributed by atoms with Gasteiger partial charge >= 0.3 is 0 Å². The van der Waals surface area contributed by atoms with Crippen molar-refractivity contribution in [3.8, 4) is 0 Å². The Hall–Kier alpha value is -2.34. The zero-order chi connectivity index (χ0) is 16.2. The molecular weight excluding hydrogens is 306 g/mol. The van der Waals surface area contributed by atoms with Crippen molar-refractivity contribution in [2.45, 2.75) is 24.7 Å². The van der Waals surface area contributed by atoms with Crippen LogP contribution in [0.5, 0.6) is 0 Å². The van der Waals surface area contributed by atoms with Crippen LogP contribution in [0, 0.1) is 0 Å². The van der Waals surface area contributed by atoms with Crippen molar-refractivity contribution in [1.29, 1.82) is 0 Å². The summed E-state index contributed by atoms with van der Waals surface area (Å²) >= 11 is 1.52. The van der Waals surface area contributed by atoms with Gasteiger partial charge < -0.3 is 5.32 Å². The topological polar surface area (TPSA) is 55.6 Å². The lowest BCUT2D eigenvalue weighted by molar-refractivity contribution is 0.715. The van der Waals surface area contributed by atoms with Crippen LogP contribution in [0.15, 0.2) is 54.3 Å². The lowest BCUT2D eigenvalue weighted by atomic mass is 10.1. The number of fused-ring (bicyclic) bond motifs is 1. The number of allylic oxidation sites excluding steroid dienone is 1. The van der Waals surface area contributed by atoms with Crippen LogP contribution in [0.1, 0.15) is 18.5 Å². The van der Waals surface area contributed by atoms with E-state index >= 15 is 0 Å². The van der Waals surface area contributed by atoms with Crippen molar-refractivity contribution in [3.05, 3.63) is 54.7 Å². The summed E-state index contributed by atoms with van der Waals surface area (Å²) in [5, 5.41) is 9.53. The second-order valence-corrected chi connectivity index (χ2v) is 5.96. The van der Waals surface area contributed by atoms with Crippen molar-refractivity contribution in [2.75, 3.05) is 11.6 Å². The van der Waals surface area contributed by atoms with Crippen LogP contribution in [-0.4, -0.2) is 26.0 Å². The van der Waals surface area contributed by atoms with Gasteiger partial charge in [-0.15, -0.1) is 6.58 Å². The highest BCUT2D eigenvalue weighted by Crippen LogP contribution is 2.26. The molecule has 1 unspecified atom stereocenters. The standard InChI is InChI=1S/C17H19N5S/c1-4-10-22-16-14(11-18-22)15(20-17(21-16)23-3)19-12(2)13-8-6-5-7-9-13/h4-9,11-12H,1,10H2,2-3H3,(H,19,20,21). The first-order valence-electron chi connectivity index (χ1n) is 7.43. The number of rotatable bonds is 6. The molecular formula is C17H19N5S. The van der Waals surface area contributed by atoms with Crippen LogP contribution in [0.4, 0.5) is 5.82 Å². The Balaban J connectivity index is 2.00. The second kappa shape index (κ2) is 6.83. The summed E-state index contributed by atoms with van der Waals surface area (Å²) in [6.45, 7) is 6.52. The Labute approximate surface area is 139 Å². The Morgan fingerprint density at radius 1 is 1.30 bits per heavy atom. The molecule has 0 saturated carbocycles. The monoisotopic (exact) mass is 325 g/mol. The van der Waals surface area contributed by atoms with E-state index in [9.17, 15) is 0 Å². The highest BCUT2D eigenvalue weighted by Gasteiger charge is 2.14. The molecule has 1 aromatic carbocycles. The molecule has 0 radical (unpaired) electrons. The van der Waals surface area contributed by atoms with Crippen molar-refractivity contribution < 1.29 is 0 Å². The van der Waals surface area contributed by atoms with Crippen LogP contribution in [-0.2, 0) is 6.54 Å². The van der Waals surface area contributed by atoms with Crippen molar-refractivity contribution >= 4 is 28.6 Å². The molecule has 0 saturated heterocycles. The first kappa shape index (κ1) is 15.6. The Bertz CT molecular complexity index is 812. The molecule has 3 aromatic rings. The minimum atomic E-state index is 0.145. The van der Waals surface area contributed by atoms with Crippen LogP contribution in [0.2, 0.25) is 0 Å². The molecule has 23 heavy (non-hydrogen) atoms. The summed E-state index contributed by atoms with van der Waals surface area (Å²) in [5.41, 5.74) is 2.04. The molecule has 0 spiro atoms. The van der Waals surface area contributed by atoms with Gasteiger partial charge in [-0.2, -0.15) is 5.10 Å². The fourth-order valence-corrected chi connectivity index (χ4v) is 2.78. The summed E-state index contributed by atoms with van der Waals surface area (Å²) in [7, 11) is 0. The van der Waals surface area contributed by atoms with Crippen LogP contribution in [0.3, 0.4) is 0 Å². The average Bonchev–Trinajstić information content (AvgIpc) is 2.99. The van der Waals surface area contributed by atoms with Gasteiger partial charge in [0, 0.05) is 6.04 Å². The maximum Gasteiger partial charge on any atom is 0.191 e. The molecule has 118 valence electrons. The number of anilines is 1. The highest BCUT2D eigenvalue weighted by molar-refractivity contribution is 7.98. The molecule has 2 aromatic heterocycles. The summed E-state index contributed by atoms with van der Waals surface area (Å²) in [5.74, 6) is 0.811. The van der Waals surface area contributed by atoms with Gasteiger partial charge in [0.05, 0.1) is 18.1 Å². The first-order chi connectivity index (χ1) is 11.2. The molecule has 2 heterocycles. The molecule has 0 fully saturated rings. The van der Waals surface area contributed by atoms with E-state index < -0.39 is 0 Å². The molecule has 5 nitrogen and oxygen atoms in total. The minimum absolute atomic E-state index is 0.145. The number of aromatic nitrogens is 4. The normalized spacial score (nSPS) is 12.3. The summed E-state index contributed by atoms with van der Waals surface area (Å²) in [6, 6.07) is 10.5. The molecule has 3 rings (SSSR count). The minimum Gasteiger partial charge on any atom is -0.363 e.